The number of nitrogens with one attached hydrogen (secondary N) is 1. The van der Waals surface area contributed by atoms with Gasteiger partial charge in [0.2, 0.25) is 0 Å². The second-order valence-corrected chi connectivity index (χ2v) is 9.03. The number of hydrogen-bond acceptors (Lipinski definition) is 2. The van der Waals surface area contributed by atoms with Crippen molar-refractivity contribution in [3.8, 4) is 22.4 Å². The Balaban J connectivity index is 1.97. The molecule has 3 nitrogen and oxygen atoms in total. The molecule has 0 atom stereocenters. The number of rotatable bonds is 3. The van der Waals surface area contributed by atoms with Crippen LogP contribution in [-0.2, 0) is 9.84 Å². The molecule has 4 rings (SSSR count). The predicted octanol–water partition coefficient (Wildman–Crippen LogP) is 5.52. The molecular weight excluding hydrogens is 354 g/mol. The molecule has 0 bridgehead atoms. The van der Waals surface area contributed by atoms with Gasteiger partial charge in [-0.05, 0) is 54.3 Å². The summed E-state index contributed by atoms with van der Waals surface area (Å²) in [5, 5.41) is 1.16. The summed E-state index contributed by atoms with van der Waals surface area (Å²) in [5.41, 5.74) is 7.83. The van der Waals surface area contributed by atoms with Crippen LogP contribution in [-0.4, -0.2) is 19.7 Å². The SMILES string of the molecule is Cc1ccc(-c2c(-c3ccc(S(C)(=O)=O)cc3)[nH]c3ccccc23)cc1C. The van der Waals surface area contributed by atoms with E-state index in [0.717, 1.165) is 33.3 Å². The number of fused-ring (bicyclic) bond motifs is 1. The minimum absolute atomic E-state index is 0.329. The predicted molar refractivity (Wildman–Crippen MR) is 112 cm³/mol. The normalized spacial score (nSPS) is 11.8. The molecular formula is C23H21NO2S. The van der Waals surface area contributed by atoms with E-state index in [1.807, 2.05) is 24.3 Å². The second-order valence-electron chi connectivity index (χ2n) is 7.02. The fourth-order valence-corrected chi connectivity index (χ4v) is 4.05. The van der Waals surface area contributed by atoms with Crippen molar-refractivity contribution in [3.05, 3.63) is 77.9 Å². The first kappa shape index (κ1) is 17.6. The highest BCUT2D eigenvalue weighted by atomic mass is 32.2. The van der Waals surface area contributed by atoms with Crippen LogP contribution in [0.25, 0.3) is 33.3 Å². The molecule has 0 saturated heterocycles. The number of aryl methyl sites for hydroxylation is 2. The number of benzene rings is 3. The van der Waals surface area contributed by atoms with Gasteiger partial charge in [-0.25, -0.2) is 8.42 Å². The minimum atomic E-state index is -3.21. The van der Waals surface area contributed by atoms with Crippen LogP contribution in [0.2, 0.25) is 0 Å². The highest BCUT2D eigenvalue weighted by Crippen LogP contribution is 2.39. The summed E-state index contributed by atoms with van der Waals surface area (Å²) in [4.78, 5) is 3.85. The van der Waals surface area contributed by atoms with E-state index in [-0.39, 0.29) is 0 Å². The zero-order valence-electron chi connectivity index (χ0n) is 15.6. The fraction of sp³-hybridized carbons (Fsp3) is 0.130. The lowest BCUT2D eigenvalue weighted by Crippen LogP contribution is -1.96. The molecule has 0 unspecified atom stereocenters. The van der Waals surface area contributed by atoms with Gasteiger partial charge in [-0.15, -0.1) is 0 Å². The zero-order valence-corrected chi connectivity index (χ0v) is 16.4. The first-order chi connectivity index (χ1) is 12.8. The Bertz CT molecular complexity index is 1250. The number of para-hydroxylation sites is 1. The van der Waals surface area contributed by atoms with Crippen molar-refractivity contribution in [1.29, 1.82) is 0 Å². The van der Waals surface area contributed by atoms with Gasteiger partial charge in [0, 0.05) is 22.7 Å². The van der Waals surface area contributed by atoms with Gasteiger partial charge >= 0.3 is 0 Å². The molecule has 1 heterocycles. The Labute approximate surface area is 159 Å². The van der Waals surface area contributed by atoms with E-state index < -0.39 is 9.84 Å². The molecule has 4 heteroatoms. The Kier molecular flexibility index (Phi) is 4.16. The van der Waals surface area contributed by atoms with E-state index in [1.165, 1.54) is 17.4 Å². The Hall–Kier alpha value is -2.85. The number of aromatic nitrogens is 1. The average Bonchev–Trinajstić information content (AvgIpc) is 3.03. The standard InChI is InChI=1S/C23H21NO2S/c1-15-8-9-18(14-16(15)2)22-20-6-4-5-7-21(20)24-23(22)17-10-12-19(13-11-17)27(3,25)26/h4-14,24H,1-3H3. The van der Waals surface area contributed by atoms with Gasteiger partial charge in [-0.1, -0.05) is 48.5 Å². The third-order valence-corrected chi connectivity index (χ3v) is 6.20. The van der Waals surface area contributed by atoms with E-state index in [2.05, 4.69) is 49.2 Å². The smallest absolute Gasteiger partial charge is 0.175 e. The van der Waals surface area contributed by atoms with Crippen LogP contribution >= 0.6 is 0 Å². The highest BCUT2D eigenvalue weighted by molar-refractivity contribution is 7.90. The lowest BCUT2D eigenvalue weighted by molar-refractivity contribution is 0.602. The zero-order chi connectivity index (χ0) is 19.2. The monoisotopic (exact) mass is 375 g/mol. The molecule has 0 aliphatic rings. The third kappa shape index (κ3) is 3.17. The van der Waals surface area contributed by atoms with E-state index in [9.17, 15) is 8.42 Å². The first-order valence-electron chi connectivity index (χ1n) is 8.83. The summed E-state index contributed by atoms with van der Waals surface area (Å²) >= 11 is 0. The van der Waals surface area contributed by atoms with E-state index >= 15 is 0 Å². The fourth-order valence-electron chi connectivity index (χ4n) is 3.42. The molecule has 1 aromatic heterocycles. The average molecular weight is 375 g/mol. The summed E-state index contributed by atoms with van der Waals surface area (Å²) in [7, 11) is -3.21. The molecule has 1 N–H and O–H groups in total. The van der Waals surface area contributed by atoms with E-state index in [0.29, 0.717) is 4.90 Å². The van der Waals surface area contributed by atoms with Crippen molar-refractivity contribution >= 4 is 20.7 Å². The van der Waals surface area contributed by atoms with Crippen molar-refractivity contribution in [3.63, 3.8) is 0 Å². The summed E-state index contributed by atoms with van der Waals surface area (Å²) in [6.07, 6.45) is 1.23. The van der Waals surface area contributed by atoms with Crippen LogP contribution in [0.4, 0.5) is 0 Å². The maximum absolute atomic E-state index is 11.8. The van der Waals surface area contributed by atoms with Crippen LogP contribution in [0.1, 0.15) is 11.1 Å². The molecule has 27 heavy (non-hydrogen) atoms. The molecule has 0 saturated carbocycles. The Morgan fingerprint density at radius 2 is 1.44 bits per heavy atom. The maximum atomic E-state index is 11.8. The van der Waals surface area contributed by atoms with Gasteiger partial charge in [-0.3, -0.25) is 0 Å². The summed E-state index contributed by atoms with van der Waals surface area (Å²) in [6, 6.07) is 21.8. The van der Waals surface area contributed by atoms with Crippen LogP contribution in [0.15, 0.2) is 71.6 Å². The molecule has 0 aliphatic heterocycles. The Morgan fingerprint density at radius 3 is 2.11 bits per heavy atom. The van der Waals surface area contributed by atoms with E-state index in [4.69, 9.17) is 0 Å². The van der Waals surface area contributed by atoms with Crippen LogP contribution in [0.3, 0.4) is 0 Å². The minimum Gasteiger partial charge on any atom is -0.354 e. The first-order valence-corrected chi connectivity index (χ1v) is 10.7. The van der Waals surface area contributed by atoms with Crippen molar-refractivity contribution in [2.45, 2.75) is 18.7 Å². The van der Waals surface area contributed by atoms with Crippen LogP contribution < -0.4 is 0 Å². The molecule has 0 radical (unpaired) electrons. The highest BCUT2D eigenvalue weighted by Gasteiger charge is 2.16. The van der Waals surface area contributed by atoms with Gasteiger partial charge in [-0.2, -0.15) is 0 Å². The van der Waals surface area contributed by atoms with Gasteiger partial charge in [0.25, 0.3) is 0 Å². The number of H-pyrrole nitrogens is 1. The van der Waals surface area contributed by atoms with Crippen molar-refractivity contribution in [2.24, 2.45) is 0 Å². The summed E-state index contributed by atoms with van der Waals surface area (Å²) in [5.74, 6) is 0. The van der Waals surface area contributed by atoms with Gasteiger partial charge in [0.05, 0.1) is 10.6 Å². The maximum Gasteiger partial charge on any atom is 0.175 e. The molecule has 0 aliphatic carbocycles. The summed E-state index contributed by atoms with van der Waals surface area (Å²) in [6.45, 7) is 4.23. The second kappa shape index (κ2) is 6.39. The van der Waals surface area contributed by atoms with Gasteiger partial charge in [0.1, 0.15) is 0 Å². The molecule has 4 aromatic rings. The summed E-state index contributed by atoms with van der Waals surface area (Å²) < 4.78 is 23.5. The lowest BCUT2D eigenvalue weighted by Gasteiger charge is -2.09. The molecule has 0 amide bonds. The topological polar surface area (TPSA) is 49.9 Å². The van der Waals surface area contributed by atoms with E-state index in [1.54, 1.807) is 12.1 Å². The largest absolute Gasteiger partial charge is 0.354 e. The molecule has 0 spiro atoms. The number of aromatic amines is 1. The number of sulfone groups is 1. The van der Waals surface area contributed by atoms with Crippen molar-refractivity contribution in [2.75, 3.05) is 6.26 Å². The quantitative estimate of drug-likeness (QED) is 0.512. The molecule has 3 aromatic carbocycles. The number of hydrogen-bond donors (Lipinski definition) is 1. The molecule has 0 fully saturated rings. The third-order valence-electron chi connectivity index (χ3n) is 5.07. The Morgan fingerprint density at radius 1 is 0.778 bits per heavy atom. The van der Waals surface area contributed by atoms with Gasteiger partial charge < -0.3 is 4.98 Å². The van der Waals surface area contributed by atoms with Crippen molar-refractivity contribution in [1.82, 2.24) is 4.98 Å². The van der Waals surface area contributed by atoms with Crippen LogP contribution in [0, 0.1) is 13.8 Å². The lowest BCUT2D eigenvalue weighted by atomic mass is 9.96. The molecule has 136 valence electrons. The van der Waals surface area contributed by atoms with Gasteiger partial charge in [0.15, 0.2) is 9.84 Å². The van der Waals surface area contributed by atoms with Crippen LogP contribution in [0.5, 0.6) is 0 Å². The van der Waals surface area contributed by atoms with Crippen molar-refractivity contribution < 1.29 is 8.42 Å².